The average molecular weight is 338 g/mol. The fourth-order valence-electron chi connectivity index (χ4n) is 3.39. The highest BCUT2D eigenvalue weighted by molar-refractivity contribution is 7.84. The predicted molar refractivity (Wildman–Crippen MR) is 93.2 cm³/mol. The minimum Gasteiger partial charge on any atom is -0.382 e. The van der Waals surface area contributed by atoms with E-state index in [4.69, 9.17) is 4.74 Å². The molecule has 2 amide bonds. The molecule has 6 heteroatoms. The summed E-state index contributed by atoms with van der Waals surface area (Å²) in [7, 11) is 0.680. The van der Waals surface area contributed by atoms with Gasteiger partial charge in [0.25, 0.3) is 0 Å². The Balaban J connectivity index is 2.10. The second-order valence-electron chi connectivity index (χ2n) is 6.07. The number of likely N-dealkylation sites (tertiary alicyclic amines) is 1. The Bertz CT molecular complexity index is 553. The highest BCUT2D eigenvalue weighted by atomic mass is 32.2. The lowest BCUT2D eigenvalue weighted by Gasteiger charge is -2.38. The number of ether oxygens (including phenoxy) is 1. The Morgan fingerprint density at radius 3 is 2.65 bits per heavy atom. The maximum atomic E-state index is 12.7. The molecule has 2 unspecified atom stereocenters. The van der Waals surface area contributed by atoms with E-state index >= 15 is 0 Å². The van der Waals surface area contributed by atoms with Crippen LogP contribution in [0.25, 0.3) is 0 Å². The number of benzene rings is 1. The number of amides is 2. The molecule has 23 heavy (non-hydrogen) atoms. The van der Waals surface area contributed by atoms with E-state index in [9.17, 15) is 9.00 Å². The van der Waals surface area contributed by atoms with Crippen molar-refractivity contribution in [2.24, 2.45) is 0 Å². The van der Waals surface area contributed by atoms with Crippen LogP contribution in [0.3, 0.4) is 0 Å². The van der Waals surface area contributed by atoms with Crippen molar-refractivity contribution in [2.45, 2.75) is 43.0 Å². The zero-order chi connectivity index (χ0) is 16.9. The van der Waals surface area contributed by atoms with Crippen LogP contribution in [0, 0.1) is 0 Å². The Morgan fingerprint density at radius 2 is 2.09 bits per heavy atom. The van der Waals surface area contributed by atoms with Gasteiger partial charge >= 0.3 is 6.03 Å². The number of hydrogen-bond donors (Lipinski definition) is 1. The number of anilines is 1. The highest BCUT2D eigenvalue weighted by Crippen LogP contribution is 2.34. The summed E-state index contributed by atoms with van der Waals surface area (Å²) in [5.41, 5.74) is 0.525. The summed E-state index contributed by atoms with van der Waals surface area (Å²) in [5, 5.41) is 2.95. The third kappa shape index (κ3) is 4.12. The summed E-state index contributed by atoms with van der Waals surface area (Å²) in [6.07, 6.45) is 5.59. The van der Waals surface area contributed by atoms with Crippen LogP contribution in [-0.2, 0) is 15.5 Å². The second kappa shape index (κ2) is 7.93. The molecule has 1 saturated heterocycles. The normalized spacial score (nSPS) is 22.1. The van der Waals surface area contributed by atoms with Crippen LogP contribution >= 0.6 is 0 Å². The van der Waals surface area contributed by atoms with Crippen LogP contribution in [0.4, 0.5) is 10.5 Å². The first-order valence-corrected chi connectivity index (χ1v) is 9.59. The lowest BCUT2D eigenvalue weighted by atomic mass is 9.91. The first kappa shape index (κ1) is 17.9. The van der Waals surface area contributed by atoms with E-state index in [2.05, 4.69) is 12.2 Å². The molecular formula is C17H26N2O3S. The van der Waals surface area contributed by atoms with E-state index < -0.39 is 10.8 Å². The minimum absolute atomic E-state index is 0.0848. The first-order chi connectivity index (χ1) is 11.0. The number of rotatable bonds is 6. The van der Waals surface area contributed by atoms with E-state index in [1.807, 2.05) is 4.90 Å². The summed E-state index contributed by atoms with van der Waals surface area (Å²) >= 11 is 0. The number of hydrogen-bond acceptors (Lipinski definition) is 3. The van der Waals surface area contributed by atoms with Crippen molar-refractivity contribution < 1.29 is 13.7 Å². The average Bonchev–Trinajstić information content (AvgIpc) is 2.92. The van der Waals surface area contributed by atoms with Crippen molar-refractivity contribution in [3.63, 3.8) is 0 Å². The van der Waals surface area contributed by atoms with Gasteiger partial charge in [-0.1, -0.05) is 13.3 Å². The lowest BCUT2D eigenvalue weighted by molar-refractivity contribution is 0.0540. The van der Waals surface area contributed by atoms with Crippen LogP contribution in [0.1, 0.15) is 32.6 Å². The molecule has 1 aromatic carbocycles. The maximum Gasteiger partial charge on any atom is 0.322 e. The molecule has 2 rings (SSSR count). The largest absolute Gasteiger partial charge is 0.382 e. The van der Waals surface area contributed by atoms with Crippen molar-refractivity contribution in [3.8, 4) is 0 Å². The number of urea groups is 1. The van der Waals surface area contributed by atoms with Crippen LogP contribution < -0.4 is 5.32 Å². The van der Waals surface area contributed by atoms with Gasteiger partial charge in [0.15, 0.2) is 0 Å². The fourth-order valence-corrected chi connectivity index (χ4v) is 3.91. The lowest BCUT2D eigenvalue weighted by Crippen LogP contribution is -2.51. The molecule has 1 aliphatic rings. The van der Waals surface area contributed by atoms with Crippen molar-refractivity contribution in [2.75, 3.05) is 31.8 Å². The molecule has 1 fully saturated rings. The van der Waals surface area contributed by atoms with Gasteiger partial charge in [0.2, 0.25) is 0 Å². The van der Waals surface area contributed by atoms with Gasteiger partial charge in [0.05, 0.1) is 12.1 Å². The van der Waals surface area contributed by atoms with Gasteiger partial charge in [-0.25, -0.2) is 4.79 Å². The molecule has 0 aromatic heterocycles. The van der Waals surface area contributed by atoms with Crippen molar-refractivity contribution in [3.05, 3.63) is 24.3 Å². The quantitative estimate of drug-likeness (QED) is 0.866. The number of nitrogens with one attached hydrogen (secondary N) is 1. The highest BCUT2D eigenvalue weighted by Gasteiger charge is 2.42. The Labute approximate surface area is 140 Å². The molecule has 1 aromatic rings. The SMILES string of the molecule is CCCC1(COC)CCCN1C(=O)Nc1ccc(S(C)=O)cc1. The zero-order valence-electron chi connectivity index (χ0n) is 14.1. The molecule has 0 radical (unpaired) electrons. The van der Waals surface area contributed by atoms with Gasteiger partial charge in [0.1, 0.15) is 0 Å². The van der Waals surface area contributed by atoms with Gasteiger partial charge in [-0.05, 0) is 43.5 Å². The Kier molecular flexibility index (Phi) is 6.18. The predicted octanol–water partition coefficient (Wildman–Crippen LogP) is 3.24. The van der Waals surface area contributed by atoms with E-state index in [1.165, 1.54) is 0 Å². The second-order valence-corrected chi connectivity index (χ2v) is 7.45. The molecule has 0 bridgehead atoms. The van der Waals surface area contributed by atoms with Crippen LogP contribution in [0.2, 0.25) is 0 Å². The van der Waals surface area contributed by atoms with E-state index in [0.717, 1.165) is 42.8 Å². The maximum absolute atomic E-state index is 12.7. The zero-order valence-corrected chi connectivity index (χ0v) is 14.9. The van der Waals surface area contributed by atoms with E-state index in [-0.39, 0.29) is 11.6 Å². The van der Waals surface area contributed by atoms with Gasteiger partial charge < -0.3 is 15.0 Å². The van der Waals surface area contributed by atoms with E-state index in [1.54, 1.807) is 37.6 Å². The summed E-state index contributed by atoms with van der Waals surface area (Å²) in [6.45, 7) is 3.46. The first-order valence-electron chi connectivity index (χ1n) is 8.03. The third-order valence-electron chi connectivity index (χ3n) is 4.41. The van der Waals surface area contributed by atoms with Crippen molar-refractivity contribution in [1.82, 2.24) is 4.90 Å². The van der Waals surface area contributed by atoms with Crippen molar-refractivity contribution in [1.29, 1.82) is 0 Å². The smallest absolute Gasteiger partial charge is 0.322 e. The fraction of sp³-hybridized carbons (Fsp3) is 0.588. The Hall–Kier alpha value is -1.40. The van der Waals surface area contributed by atoms with Crippen LogP contribution in [-0.4, -0.2) is 47.2 Å². The molecule has 0 aliphatic carbocycles. The van der Waals surface area contributed by atoms with Gasteiger partial charge in [-0.15, -0.1) is 0 Å². The summed E-state index contributed by atoms with van der Waals surface area (Å²) in [4.78, 5) is 15.4. The van der Waals surface area contributed by atoms with Crippen LogP contribution in [0.15, 0.2) is 29.2 Å². The standard InChI is InChI=1S/C17H26N2O3S/c1-4-10-17(13-22-2)11-5-12-19(17)16(20)18-14-6-8-15(9-7-14)23(3)21/h6-9H,4-5,10-13H2,1-3H3,(H,18,20). The molecule has 1 N–H and O–H groups in total. The topological polar surface area (TPSA) is 58.6 Å². The molecule has 2 atom stereocenters. The van der Waals surface area contributed by atoms with E-state index in [0.29, 0.717) is 6.61 Å². The monoisotopic (exact) mass is 338 g/mol. The van der Waals surface area contributed by atoms with Crippen LogP contribution in [0.5, 0.6) is 0 Å². The molecule has 0 saturated carbocycles. The van der Waals surface area contributed by atoms with Gasteiger partial charge in [-0.2, -0.15) is 0 Å². The van der Waals surface area contributed by atoms with Crippen molar-refractivity contribution >= 4 is 22.5 Å². The number of carbonyl (C=O) groups is 1. The minimum atomic E-state index is -1.01. The Morgan fingerprint density at radius 1 is 1.39 bits per heavy atom. The summed E-state index contributed by atoms with van der Waals surface area (Å²) in [5.74, 6) is 0. The molecule has 1 heterocycles. The van der Waals surface area contributed by atoms with Gasteiger partial charge in [-0.3, -0.25) is 4.21 Å². The number of carbonyl (C=O) groups excluding carboxylic acids is 1. The molecule has 5 nitrogen and oxygen atoms in total. The summed E-state index contributed by atoms with van der Waals surface area (Å²) in [6, 6.07) is 7.07. The van der Waals surface area contributed by atoms with Gasteiger partial charge in [0, 0.05) is 41.3 Å². The summed E-state index contributed by atoms with van der Waals surface area (Å²) < 4.78 is 16.8. The number of nitrogens with zero attached hydrogens (tertiary/aromatic N) is 1. The molecular weight excluding hydrogens is 312 g/mol. The molecule has 128 valence electrons. The third-order valence-corrected chi connectivity index (χ3v) is 5.34. The molecule has 0 spiro atoms. The number of methoxy groups -OCH3 is 1. The molecule has 1 aliphatic heterocycles.